The molecule has 4 nitrogen and oxygen atoms in total. The van der Waals surface area contributed by atoms with Gasteiger partial charge < -0.3 is 14.3 Å². The van der Waals surface area contributed by atoms with Crippen LogP contribution in [0.15, 0.2) is 0 Å². The van der Waals surface area contributed by atoms with Gasteiger partial charge in [0.25, 0.3) is 0 Å². The standard InChI is InChI=1S/C7H14BNO3/c1-4-5(3-11-9)12-7(8)6(4)10-2/h4-7H,3,9H2,1-2H3/t4?,5-,6+,7-/m1/s1. The van der Waals surface area contributed by atoms with E-state index in [-0.39, 0.29) is 24.1 Å². The Hall–Kier alpha value is -0.0951. The maximum absolute atomic E-state index is 5.66. The zero-order valence-corrected chi connectivity index (χ0v) is 7.40. The van der Waals surface area contributed by atoms with Crippen molar-refractivity contribution in [2.75, 3.05) is 13.7 Å². The van der Waals surface area contributed by atoms with E-state index in [2.05, 4.69) is 4.84 Å². The molecule has 12 heavy (non-hydrogen) atoms. The summed E-state index contributed by atoms with van der Waals surface area (Å²) in [4.78, 5) is 4.50. The highest BCUT2D eigenvalue weighted by Gasteiger charge is 2.38. The molecule has 0 aromatic heterocycles. The summed E-state index contributed by atoms with van der Waals surface area (Å²) in [7, 11) is 7.28. The Kier molecular flexibility index (Phi) is 3.52. The van der Waals surface area contributed by atoms with E-state index in [0.717, 1.165) is 0 Å². The Labute approximate surface area is 73.7 Å². The molecule has 1 heterocycles. The van der Waals surface area contributed by atoms with Crippen LogP contribution >= 0.6 is 0 Å². The van der Waals surface area contributed by atoms with Crippen molar-refractivity contribution < 1.29 is 14.3 Å². The highest BCUT2D eigenvalue weighted by molar-refractivity contribution is 6.11. The normalized spacial score (nSPS) is 41.9. The van der Waals surface area contributed by atoms with Crippen LogP contribution in [0.4, 0.5) is 0 Å². The van der Waals surface area contributed by atoms with Crippen LogP contribution in [0.5, 0.6) is 0 Å². The van der Waals surface area contributed by atoms with Crippen LogP contribution in [0.1, 0.15) is 6.92 Å². The summed E-state index contributed by atoms with van der Waals surface area (Å²) >= 11 is 0. The number of methoxy groups -OCH3 is 1. The number of rotatable bonds is 3. The first kappa shape index (κ1) is 9.99. The van der Waals surface area contributed by atoms with Crippen molar-refractivity contribution in [2.24, 2.45) is 11.8 Å². The third kappa shape index (κ3) is 1.80. The molecule has 1 fully saturated rings. The molecule has 0 spiro atoms. The first-order chi connectivity index (χ1) is 5.70. The average Bonchev–Trinajstić information content (AvgIpc) is 2.29. The molecule has 1 unspecified atom stereocenters. The third-order valence-electron chi connectivity index (χ3n) is 2.29. The number of hydrogen-bond donors (Lipinski definition) is 1. The van der Waals surface area contributed by atoms with E-state index in [1.807, 2.05) is 6.92 Å². The molecule has 0 aromatic carbocycles. The fraction of sp³-hybridized carbons (Fsp3) is 1.00. The van der Waals surface area contributed by atoms with Gasteiger partial charge in [0.05, 0.1) is 18.8 Å². The predicted molar refractivity (Wildman–Crippen MR) is 44.5 cm³/mol. The van der Waals surface area contributed by atoms with Crippen LogP contribution in [-0.4, -0.2) is 39.8 Å². The smallest absolute Gasteiger partial charge is 0.112 e. The van der Waals surface area contributed by atoms with Crippen molar-refractivity contribution in [3.8, 4) is 0 Å². The second-order valence-corrected chi connectivity index (χ2v) is 3.03. The first-order valence-electron chi connectivity index (χ1n) is 3.96. The quantitative estimate of drug-likeness (QED) is 0.456. The Bertz CT molecular complexity index is 147. The van der Waals surface area contributed by atoms with E-state index < -0.39 is 0 Å². The second-order valence-electron chi connectivity index (χ2n) is 3.03. The van der Waals surface area contributed by atoms with Crippen LogP contribution in [0, 0.1) is 5.92 Å². The Morgan fingerprint density at radius 3 is 2.67 bits per heavy atom. The largest absolute Gasteiger partial charge is 0.379 e. The maximum Gasteiger partial charge on any atom is 0.112 e. The molecule has 1 aliphatic rings. The molecule has 0 bridgehead atoms. The monoisotopic (exact) mass is 171 g/mol. The number of ether oxygens (including phenoxy) is 2. The fourth-order valence-electron chi connectivity index (χ4n) is 1.55. The molecule has 2 radical (unpaired) electrons. The number of nitrogens with two attached hydrogens (primary N) is 1. The van der Waals surface area contributed by atoms with Gasteiger partial charge in [0.1, 0.15) is 7.85 Å². The molecule has 0 saturated carbocycles. The lowest BCUT2D eigenvalue weighted by Gasteiger charge is -2.16. The van der Waals surface area contributed by atoms with E-state index in [1.54, 1.807) is 7.11 Å². The molecule has 5 heteroatoms. The minimum Gasteiger partial charge on any atom is -0.379 e. The summed E-state index contributed by atoms with van der Waals surface area (Å²) in [6.45, 7) is 2.36. The summed E-state index contributed by atoms with van der Waals surface area (Å²) in [5.74, 6) is 5.16. The summed E-state index contributed by atoms with van der Waals surface area (Å²) in [6, 6.07) is -0.370. The van der Waals surface area contributed by atoms with Crippen molar-refractivity contribution in [3.63, 3.8) is 0 Å². The van der Waals surface area contributed by atoms with Crippen LogP contribution < -0.4 is 5.90 Å². The highest BCUT2D eigenvalue weighted by atomic mass is 16.6. The molecule has 4 atom stereocenters. The molecular weight excluding hydrogens is 157 g/mol. The van der Waals surface area contributed by atoms with E-state index in [4.69, 9.17) is 23.2 Å². The minimum atomic E-state index is -0.370. The van der Waals surface area contributed by atoms with Gasteiger partial charge >= 0.3 is 0 Å². The van der Waals surface area contributed by atoms with Gasteiger partial charge in [0.2, 0.25) is 0 Å². The average molecular weight is 171 g/mol. The van der Waals surface area contributed by atoms with E-state index >= 15 is 0 Å². The van der Waals surface area contributed by atoms with Gasteiger partial charge in [-0.05, 0) is 0 Å². The van der Waals surface area contributed by atoms with Crippen molar-refractivity contribution in [1.29, 1.82) is 0 Å². The summed E-state index contributed by atoms with van der Waals surface area (Å²) < 4.78 is 10.5. The van der Waals surface area contributed by atoms with Crippen LogP contribution in [0.2, 0.25) is 0 Å². The Morgan fingerprint density at radius 1 is 1.58 bits per heavy atom. The lowest BCUT2D eigenvalue weighted by molar-refractivity contribution is -0.00754. The molecule has 1 saturated heterocycles. The van der Waals surface area contributed by atoms with Crippen LogP contribution in [0.3, 0.4) is 0 Å². The summed E-state index contributed by atoms with van der Waals surface area (Å²) in [5, 5.41) is 0. The second kappa shape index (κ2) is 4.23. The lowest BCUT2D eigenvalue weighted by Crippen LogP contribution is -2.29. The zero-order chi connectivity index (χ0) is 9.14. The predicted octanol–water partition coefficient (Wildman–Crippen LogP) is -0.579. The van der Waals surface area contributed by atoms with Gasteiger partial charge in [-0.25, -0.2) is 5.90 Å². The van der Waals surface area contributed by atoms with Gasteiger partial charge in [-0.1, -0.05) is 6.92 Å². The van der Waals surface area contributed by atoms with E-state index in [0.29, 0.717) is 6.61 Å². The van der Waals surface area contributed by atoms with Crippen molar-refractivity contribution >= 4 is 7.85 Å². The van der Waals surface area contributed by atoms with Crippen molar-refractivity contribution in [1.82, 2.24) is 0 Å². The van der Waals surface area contributed by atoms with Crippen LogP contribution in [-0.2, 0) is 14.3 Å². The number of hydrogen-bond acceptors (Lipinski definition) is 4. The van der Waals surface area contributed by atoms with Gasteiger partial charge in [0.15, 0.2) is 0 Å². The van der Waals surface area contributed by atoms with E-state index in [1.165, 1.54) is 0 Å². The SMILES string of the molecule is [B][C@@H]1O[C@H](CON)C(C)[C@@H]1OC. The Morgan fingerprint density at radius 2 is 2.25 bits per heavy atom. The maximum atomic E-state index is 5.66. The Balaban J connectivity index is 2.49. The third-order valence-corrected chi connectivity index (χ3v) is 2.29. The topological polar surface area (TPSA) is 53.7 Å². The summed E-state index contributed by atoms with van der Waals surface area (Å²) in [5.41, 5.74) is 0. The van der Waals surface area contributed by atoms with Gasteiger partial charge in [0, 0.05) is 19.0 Å². The molecule has 68 valence electrons. The first-order valence-corrected chi connectivity index (χ1v) is 3.96. The molecule has 2 N–H and O–H groups in total. The van der Waals surface area contributed by atoms with Gasteiger partial charge in [-0.2, -0.15) is 0 Å². The minimum absolute atomic E-state index is 0.0602. The molecular formula is C7H14BNO3. The van der Waals surface area contributed by atoms with E-state index in [9.17, 15) is 0 Å². The zero-order valence-electron chi connectivity index (χ0n) is 7.40. The molecule has 0 amide bonds. The molecule has 0 aromatic rings. The van der Waals surface area contributed by atoms with Crippen LogP contribution in [0.25, 0.3) is 0 Å². The van der Waals surface area contributed by atoms with Gasteiger partial charge in [-0.15, -0.1) is 0 Å². The fourth-order valence-corrected chi connectivity index (χ4v) is 1.55. The highest BCUT2D eigenvalue weighted by Crippen LogP contribution is 2.27. The lowest BCUT2D eigenvalue weighted by atomic mass is 9.89. The molecule has 1 aliphatic heterocycles. The van der Waals surface area contributed by atoms with Crippen molar-refractivity contribution in [2.45, 2.75) is 25.1 Å². The van der Waals surface area contributed by atoms with Gasteiger partial charge in [-0.3, -0.25) is 0 Å². The molecule has 0 aliphatic carbocycles. The van der Waals surface area contributed by atoms with Crippen molar-refractivity contribution in [3.05, 3.63) is 0 Å². The molecule has 1 rings (SSSR count). The summed E-state index contributed by atoms with van der Waals surface area (Å²) in [6.07, 6.45) is -0.125.